The summed E-state index contributed by atoms with van der Waals surface area (Å²) in [5.74, 6) is 0. The third kappa shape index (κ3) is 11.0. The Morgan fingerprint density at radius 2 is 1.42 bits per heavy atom. The predicted molar refractivity (Wildman–Crippen MR) is 72.9 cm³/mol. The Morgan fingerprint density at radius 1 is 0.895 bits per heavy atom. The minimum Gasteiger partial charge on any atom is -0.454 e. The summed E-state index contributed by atoms with van der Waals surface area (Å²) in [6, 6.07) is 0. The highest BCUT2D eigenvalue weighted by Gasteiger charge is 2.25. The third-order valence-corrected chi connectivity index (χ3v) is 2.66. The number of halogens is 2. The van der Waals surface area contributed by atoms with Gasteiger partial charge in [-0.15, -0.1) is 0 Å². The molecule has 0 aromatic heterocycles. The van der Waals surface area contributed by atoms with Crippen molar-refractivity contribution in [1.29, 1.82) is 0 Å². The summed E-state index contributed by atoms with van der Waals surface area (Å²) in [5.41, 5.74) is -2.81. The lowest BCUT2D eigenvalue weighted by Gasteiger charge is -2.28. The molecule has 0 saturated carbocycles. The molecular weight excluding hydrogens is 295 g/mol. The van der Waals surface area contributed by atoms with Crippen LogP contribution in [0.5, 0.6) is 0 Å². The molecule has 0 aliphatic heterocycles. The molecule has 0 aliphatic rings. The monoisotopic (exact) mass is 314 g/mol. The van der Waals surface area contributed by atoms with Gasteiger partial charge >= 0.3 is 10.9 Å². The molecule has 0 heterocycles. The van der Waals surface area contributed by atoms with Gasteiger partial charge in [-0.1, -0.05) is 0 Å². The van der Waals surface area contributed by atoms with E-state index in [1.165, 1.54) is 0 Å². The van der Waals surface area contributed by atoms with Gasteiger partial charge in [0.1, 0.15) is 5.60 Å². The van der Waals surface area contributed by atoms with Gasteiger partial charge in [0.2, 0.25) is 0 Å². The van der Waals surface area contributed by atoms with E-state index in [1.54, 1.807) is 13.8 Å². The Labute approximate surface area is 123 Å². The first-order valence-corrected chi connectivity index (χ1v) is 6.64. The normalized spacial score (nSPS) is 12.1. The molecule has 0 aromatic rings. The predicted octanol–water partition coefficient (Wildman–Crippen LogP) is 4.09. The minimum absolute atomic E-state index is 0.190. The maximum atomic E-state index is 10.7. The van der Waals surface area contributed by atoms with Crippen LogP contribution in [-0.2, 0) is 14.2 Å². The quantitative estimate of drug-likeness (QED) is 0.631. The van der Waals surface area contributed by atoms with E-state index in [2.05, 4.69) is 4.74 Å². The molecule has 7 heteroatoms. The fourth-order valence-electron chi connectivity index (χ4n) is 1.29. The largest absolute Gasteiger partial charge is 0.454 e. The van der Waals surface area contributed by atoms with Gasteiger partial charge in [0.25, 0.3) is 0 Å². The summed E-state index contributed by atoms with van der Waals surface area (Å²) in [6.45, 7) is 7.82. The van der Waals surface area contributed by atoms with Crippen molar-refractivity contribution in [1.82, 2.24) is 0 Å². The molecule has 0 amide bonds. The SMILES string of the molecule is CC(C)(CCOC(=O)Cl)OCCC(C)(C)OC(=O)Cl. The highest BCUT2D eigenvalue weighted by atomic mass is 35.5. The second kappa shape index (κ2) is 7.92. The van der Waals surface area contributed by atoms with Gasteiger partial charge in [-0.2, -0.15) is 0 Å². The molecule has 0 atom stereocenters. The van der Waals surface area contributed by atoms with Crippen LogP contribution in [0.15, 0.2) is 0 Å². The van der Waals surface area contributed by atoms with Crippen molar-refractivity contribution in [3.8, 4) is 0 Å². The fraction of sp³-hybridized carbons (Fsp3) is 0.833. The molecule has 19 heavy (non-hydrogen) atoms. The van der Waals surface area contributed by atoms with Crippen LogP contribution in [-0.4, -0.2) is 35.3 Å². The van der Waals surface area contributed by atoms with Gasteiger partial charge in [0.05, 0.1) is 18.8 Å². The molecule has 112 valence electrons. The molecule has 0 N–H and O–H groups in total. The Balaban J connectivity index is 3.96. The van der Waals surface area contributed by atoms with Crippen molar-refractivity contribution < 1.29 is 23.8 Å². The third-order valence-electron chi connectivity index (χ3n) is 2.47. The van der Waals surface area contributed by atoms with Gasteiger partial charge in [-0.05, 0) is 27.7 Å². The molecule has 0 aliphatic carbocycles. The summed E-state index contributed by atoms with van der Waals surface area (Å²) in [5, 5.41) is 0. The van der Waals surface area contributed by atoms with Crippen LogP contribution in [0.4, 0.5) is 9.59 Å². The first-order valence-electron chi connectivity index (χ1n) is 5.89. The summed E-state index contributed by atoms with van der Waals surface area (Å²) < 4.78 is 15.2. The second-order valence-electron chi connectivity index (χ2n) is 5.29. The number of carbonyl (C=O) groups excluding carboxylic acids is 2. The average molecular weight is 315 g/mol. The average Bonchev–Trinajstić information content (AvgIpc) is 2.12. The summed E-state index contributed by atoms with van der Waals surface area (Å²) >= 11 is 10.2. The van der Waals surface area contributed by atoms with E-state index in [-0.39, 0.29) is 6.61 Å². The number of hydrogen-bond acceptors (Lipinski definition) is 5. The summed E-state index contributed by atoms with van der Waals surface area (Å²) in [6.07, 6.45) is 1.02. The number of hydrogen-bond donors (Lipinski definition) is 0. The second-order valence-corrected chi connectivity index (χ2v) is 5.91. The maximum absolute atomic E-state index is 10.7. The van der Waals surface area contributed by atoms with E-state index in [0.717, 1.165) is 0 Å². The van der Waals surface area contributed by atoms with E-state index < -0.39 is 22.1 Å². The zero-order valence-electron chi connectivity index (χ0n) is 11.6. The van der Waals surface area contributed by atoms with Crippen molar-refractivity contribution in [2.45, 2.75) is 51.7 Å². The Morgan fingerprint density at radius 3 is 1.89 bits per heavy atom. The molecule has 0 unspecified atom stereocenters. The fourth-order valence-corrected chi connectivity index (χ4v) is 1.58. The number of rotatable bonds is 8. The summed E-state index contributed by atoms with van der Waals surface area (Å²) in [4.78, 5) is 21.1. The Kier molecular flexibility index (Phi) is 7.71. The van der Waals surface area contributed by atoms with E-state index >= 15 is 0 Å². The smallest absolute Gasteiger partial charge is 0.404 e. The lowest BCUT2D eigenvalue weighted by molar-refractivity contribution is -0.0561. The molecule has 0 fully saturated rings. The van der Waals surface area contributed by atoms with Crippen LogP contribution in [0.25, 0.3) is 0 Å². The molecular formula is C12H20Cl2O5. The van der Waals surface area contributed by atoms with E-state index in [9.17, 15) is 9.59 Å². The topological polar surface area (TPSA) is 61.8 Å². The van der Waals surface area contributed by atoms with E-state index in [1.807, 2.05) is 13.8 Å². The molecule has 0 radical (unpaired) electrons. The lowest BCUT2D eigenvalue weighted by Crippen LogP contribution is -2.32. The maximum Gasteiger partial charge on any atom is 0.404 e. The Hall–Kier alpha value is -0.520. The van der Waals surface area contributed by atoms with Crippen LogP contribution in [0, 0.1) is 0 Å². The molecule has 0 rings (SSSR count). The van der Waals surface area contributed by atoms with Crippen molar-refractivity contribution in [3.05, 3.63) is 0 Å². The van der Waals surface area contributed by atoms with Crippen LogP contribution >= 0.6 is 23.2 Å². The van der Waals surface area contributed by atoms with Gasteiger partial charge in [-0.25, -0.2) is 9.59 Å². The van der Waals surface area contributed by atoms with Crippen molar-refractivity contribution in [2.75, 3.05) is 13.2 Å². The van der Waals surface area contributed by atoms with E-state index in [4.69, 9.17) is 32.7 Å². The molecule has 0 spiro atoms. The first kappa shape index (κ1) is 18.5. The van der Waals surface area contributed by atoms with Gasteiger partial charge in [0, 0.05) is 36.0 Å². The highest BCUT2D eigenvalue weighted by molar-refractivity contribution is 6.61. The lowest BCUT2D eigenvalue weighted by atomic mass is 10.0. The zero-order valence-corrected chi connectivity index (χ0v) is 13.1. The van der Waals surface area contributed by atoms with Gasteiger partial charge < -0.3 is 14.2 Å². The van der Waals surface area contributed by atoms with Crippen LogP contribution in [0.1, 0.15) is 40.5 Å². The zero-order chi connectivity index (χ0) is 15.1. The summed E-state index contributed by atoms with van der Waals surface area (Å²) in [7, 11) is 0. The minimum atomic E-state index is -0.835. The standard InChI is InChI=1S/C12H20Cl2O5/c1-11(2,5-7-17-9(13)15)18-8-6-12(3,4)19-10(14)16/h5-8H2,1-4H3. The van der Waals surface area contributed by atoms with Crippen LogP contribution in [0.3, 0.4) is 0 Å². The van der Waals surface area contributed by atoms with Crippen LogP contribution < -0.4 is 0 Å². The molecule has 0 bridgehead atoms. The van der Waals surface area contributed by atoms with E-state index in [0.29, 0.717) is 19.4 Å². The van der Waals surface area contributed by atoms with Gasteiger partial charge in [-0.3, -0.25) is 0 Å². The van der Waals surface area contributed by atoms with Crippen molar-refractivity contribution >= 4 is 34.1 Å². The van der Waals surface area contributed by atoms with Crippen LogP contribution in [0.2, 0.25) is 0 Å². The van der Waals surface area contributed by atoms with Crippen molar-refractivity contribution in [2.24, 2.45) is 0 Å². The number of ether oxygens (including phenoxy) is 3. The highest BCUT2D eigenvalue weighted by Crippen LogP contribution is 2.20. The van der Waals surface area contributed by atoms with Crippen molar-refractivity contribution in [3.63, 3.8) is 0 Å². The number of carbonyl (C=O) groups is 2. The first-order chi connectivity index (χ1) is 8.54. The van der Waals surface area contributed by atoms with Gasteiger partial charge in [0.15, 0.2) is 0 Å². The molecule has 0 saturated heterocycles. The molecule has 5 nitrogen and oxygen atoms in total. The molecule has 0 aromatic carbocycles. The Bertz CT molecular complexity index is 315.